The van der Waals surface area contributed by atoms with Gasteiger partial charge in [-0.2, -0.15) is 0 Å². The summed E-state index contributed by atoms with van der Waals surface area (Å²) in [6, 6.07) is 0. The summed E-state index contributed by atoms with van der Waals surface area (Å²) in [7, 11) is 1.46. The minimum atomic E-state index is -1.54. The monoisotopic (exact) mass is 312 g/mol. The summed E-state index contributed by atoms with van der Waals surface area (Å²) in [6.07, 6.45) is 0.519. The van der Waals surface area contributed by atoms with E-state index in [1.165, 1.54) is 14.0 Å². The van der Waals surface area contributed by atoms with E-state index in [0.717, 1.165) is 0 Å². The van der Waals surface area contributed by atoms with Gasteiger partial charge in [0.15, 0.2) is 6.10 Å². The van der Waals surface area contributed by atoms with Crippen molar-refractivity contribution >= 4 is 17.5 Å². The Hall–Kier alpha value is -1.27. The van der Waals surface area contributed by atoms with Crippen molar-refractivity contribution in [2.24, 2.45) is 17.8 Å². The summed E-state index contributed by atoms with van der Waals surface area (Å²) in [6.45, 7) is 3.41. The largest absolute Gasteiger partial charge is 0.454 e. The number of esters is 1. The maximum absolute atomic E-state index is 12.6. The number of methoxy groups -OCH3 is 1. The Bertz CT molecular complexity index is 469. The topological polar surface area (TPSA) is 89.9 Å². The first kappa shape index (κ1) is 17.1. The highest BCUT2D eigenvalue weighted by Crippen LogP contribution is 2.37. The van der Waals surface area contributed by atoms with Crippen LogP contribution < -0.4 is 0 Å². The minimum Gasteiger partial charge on any atom is -0.454 e. The van der Waals surface area contributed by atoms with E-state index in [1.807, 2.05) is 6.92 Å². The quantitative estimate of drug-likeness (QED) is 0.762. The molecule has 0 spiro atoms. The molecule has 1 heterocycles. The molecule has 6 heteroatoms. The molecular weight excluding hydrogens is 288 g/mol. The van der Waals surface area contributed by atoms with Crippen LogP contribution in [-0.4, -0.2) is 48.1 Å². The molecule has 1 aliphatic carbocycles. The number of aliphatic hydroxyl groups is 1. The van der Waals surface area contributed by atoms with E-state index < -0.39 is 35.3 Å². The van der Waals surface area contributed by atoms with E-state index in [0.29, 0.717) is 12.8 Å². The van der Waals surface area contributed by atoms with E-state index in [4.69, 9.17) is 9.47 Å². The molecule has 22 heavy (non-hydrogen) atoms. The zero-order valence-corrected chi connectivity index (χ0v) is 13.3. The number of carbonyl (C=O) groups excluding carboxylic acids is 3. The van der Waals surface area contributed by atoms with Crippen molar-refractivity contribution in [2.75, 3.05) is 13.7 Å². The molecule has 1 saturated heterocycles. The normalized spacial score (nSPS) is 40.3. The number of hydrogen-bond acceptors (Lipinski definition) is 6. The Labute approximate surface area is 130 Å². The van der Waals surface area contributed by atoms with Crippen LogP contribution in [0.15, 0.2) is 0 Å². The lowest BCUT2D eigenvalue weighted by atomic mass is 9.76. The molecule has 0 aromatic heterocycles. The van der Waals surface area contributed by atoms with Crippen LogP contribution in [0, 0.1) is 17.8 Å². The van der Waals surface area contributed by atoms with Gasteiger partial charge in [0, 0.05) is 25.4 Å². The third-order valence-electron chi connectivity index (χ3n) is 4.87. The predicted octanol–water partition coefficient (Wildman–Crippen LogP) is 0.890. The van der Waals surface area contributed by atoms with Gasteiger partial charge >= 0.3 is 5.97 Å². The molecule has 0 aromatic carbocycles. The lowest BCUT2D eigenvalue weighted by Crippen LogP contribution is -2.46. The van der Waals surface area contributed by atoms with Crippen molar-refractivity contribution in [3.63, 3.8) is 0 Å². The van der Waals surface area contributed by atoms with Crippen LogP contribution in [0.3, 0.4) is 0 Å². The lowest BCUT2D eigenvalue weighted by Gasteiger charge is -2.29. The number of rotatable bonds is 2. The van der Waals surface area contributed by atoms with E-state index >= 15 is 0 Å². The van der Waals surface area contributed by atoms with Gasteiger partial charge in [-0.05, 0) is 26.2 Å². The highest BCUT2D eigenvalue weighted by molar-refractivity contribution is 5.96. The first-order valence-electron chi connectivity index (χ1n) is 7.76. The van der Waals surface area contributed by atoms with Gasteiger partial charge in [-0.15, -0.1) is 0 Å². The highest BCUT2D eigenvalue weighted by atomic mass is 16.6. The van der Waals surface area contributed by atoms with E-state index in [-0.39, 0.29) is 31.1 Å². The smallest absolute Gasteiger partial charge is 0.312 e. The molecular formula is C16H24O6. The lowest BCUT2D eigenvalue weighted by molar-refractivity contribution is -0.157. The van der Waals surface area contributed by atoms with Crippen molar-refractivity contribution in [1.29, 1.82) is 0 Å². The van der Waals surface area contributed by atoms with Crippen LogP contribution in [-0.2, 0) is 23.9 Å². The van der Waals surface area contributed by atoms with Crippen molar-refractivity contribution in [2.45, 2.75) is 51.2 Å². The fourth-order valence-corrected chi connectivity index (χ4v) is 3.33. The summed E-state index contributed by atoms with van der Waals surface area (Å²) in [5.74, 6) is -2.34. The molecule has 1 aliphatic heterocycles. The Morgan fingerprint density at radius 1 is 1.36 bits per heavy atom. The summed E-state index contributed by atoms with van der Waals surface area (Å²) in [5.41, 5.74) is -1.54. The van der Waals surface area contributed by atoms with Crippen molar-refractivity contribution in [1.82, 2.24) is 0 Å². The second-order valence-corrected chi connectivity index (χ2v) is 6.68. The first-order chi connectivity index (χ1) is 10.3. The number of carbonyl (C=O) groups is 3. The van der Waals surface area contributed by atoms with Crippen LogP contribution in [0.2, 0.25) is 0 Å². The predicted molar refractivity (Wildman–Crippen MR) is 77.0 cm³/mol. The van der Waals surface area contributed by atoms with Crippen molar-refractivity contribution in [3.8, 4) is 0 Å². The van der Waals surface area contributed by atoms with Gasteiger partial charge in [0.05, 0.1) is 12.5 Å². The first-order valence-corrected chi connectivity index (χ1v) is 7.76. The van der Waals surface area contributed by atoms with Crippen LogP contribution in [0.25, 0.3) is 0 Å². The molecule has 2 rings (SSSR count). The second-order valence-electron chi connectivity index (χ2n) is 6.68. The number of fused-ring (bicyclic) bond motifs is 1. The third-order valence-corrected chi connectivity index (χ3v) is 4.87. The van der Waals surface area contributed by atoms with Gasteiger partial charge < -0.3 is 14.6 Å². The zero-order valence-electron chi connectivity index (χ0n) is 13.3. The second kappa shape index (κ2) is 6.46. The molecule has 0 bridgehead atoms. The fraction of sp³-hybridized carbons (Fsp3) is 0.812. The van der Waals surface area contributed by atoms with Crippen LogP contribution in [0.1, 0.15) is 39.5 Å². The van der Waals surface area contributed by atoms with Gasteiger partial charge in [0.1, 0.15) is 11.4 Å². The summed E-state index contributed by atoms with van der Waals surface area (Å²) < 4.78 is 10.2. The van der Waals surface area contributed by atoms with Crippen molar-refractivity contribution in [3.05, 3.63) is 0 Å². The number of hydrogen-bond donors (Lipinski definition) is 1. The Kier molecular flexibility index (Phi) is 5.02. The highest BCUT2D eigenvalue weighted by Gasteiger charge is 2.52. The fourth-order valence-electron chi connectivity index (χ4n) is 3.33. The molecule has 2 fully saturated rings. The molecule has 0 radical (unpaired) electrons. The molecule has 1 saturated carbocycles. The third kappa shape index (κ3) is 3.22. The average molecular weight is 312 g/mol. The maximum Gasteiger partial charge on any atom is 0.312 e. The van der Waals surface area contributed by atoms with Crippen molar-refractivity contribution < 1.29 is 29.0 Å². The van der Waals surface area contributed by atoms with Crippen LogP contribution >= 0.6 is 0 Å². The average Bonchev–Trinajstić information content (AvgIpc) is 2.74. The van der Waals surface area contributed by atoms with Gasteiger partial charge in [-0.3, -0.25) is 14.4 Å². The minimum absolute atomic E-state index is 0.0312. The van der Waals surface area contributed by atoms with Gasteiger partial charge in [0.2, 0.25) is 5.78 Å². The molecule has 124 valence electrons. The summed E-state index contributed by atoms with van der Waals surface area (Å²) >= 11 is 0. The number of Topliss-reactive ketones (excluding diaryl/α,β-unsaturated/α-hetero) is 2. The molecule has 0 amide bonds. The van der Waals surface area contributed by atoms with Gasteiger partial charge in [0.25, 0.3) is 0 Å². The van der Waals surface area contributed by atoms with Crippen LogP contribution in [0.5, 0.6) is 0 Å². The molecule has 5 atom stereocenters. The number of ether oxygens (including phenoxy) is 2. The zero-order chi connectivity index (χ0) is 16.5. The maximum atomic E-state index is 12.6. The van der Waals surface area contributed by atoms with Gasteiger partial charge in [-0.25, -0.2) is 0 Å². The Morgan fingerprint density at radius 3 is 2.68 bits per heavy atom. The summed E-state index contributed by atoms with van der Waals surface area (Å²) in [5, 5.41) is 10.4. The standard InChI is InChI=1S/C16H24O6/c1-9-5-4-6-16(2,20)14(18)13-10(7-12(9)17)11(8-21-3)15(19)22-13/h9-11,13,20H,4-8H2,1-3H3/t9-,10?,11?,13+,16+/m0/s1. The number of ketones is 2. The molecule has 2 aliphatic rings. The van der Waals surface area contributed by atoms with E-state index in [2.05, 4.69) is 0 Å². The molecule has 2 unspecified atom stereocenters. The molecule has 6 nitrogen and oxygen atoms in total. The summed E-state index contributed by atoms with van der Waals surface area (Å²) in [4.78, 5) is 36.9. The Morgan fingerprint density at radius 2 is 2.05 bits per heavy atom. The van der Waals surface area contributed by atoms with E-state index in [1.54, 1.807) is 0 Å². The van der Waals surface area contributed by atoms with Crippen LogP contribution in [0.4, 0.5) is 0 Å². The molecule has 0 aromatic rings. The SMILES string of the molecule is COCC1C(=O)O[C@H]2C(=O)[C@](C)(O)CCC[C@H](C)C(=O)CC12. The van der Waals surface area contributed by atoms with E-state index in [9.17, 15) is 19.5 Å². The molecule has 1 N–H and O–H groups in total. The Balaban J connectivity index is 2.34. The van der Waals surface area contributed by atoms with Gasteiger partial charge in [-0.1, -0.05) is 6.92 Å².